The second-order valence-electron chi connectivity index (χ2n) is 6.49. The first-order valence-corrected chi connectivity index (χ1v) is 7.62. The smallest absolute Gasteiger partial charge is 0.190 e. The molecule has 0 bridgehead atoms. The zero-order valence-electron chi connectivity index (χ0n) is 13.7. The average molecular weight is 299 g/mol. The van der Waals surface area contributed by atoms with Gasteiger partial charge in [-0.1, -0.05) is 26.7 Å². The Hall–Kier alpha value is -1.16. The number of halogens is 2. The van der Waals surface area contributed by atoms with Crippen LogP contribution in [0.5, 0.6) is 5.75 Å². The molecule has 0 spiro atoms. The van der Waals surface area contributed by atoms with Crippen molar-refractivity contribution in [3.8, 4) is 5.75 Å². The molecule has 1 rings (SSSR count). The summed E-state index contributed by atoms with van der Waals surface area (Å²) >= 11 is 0. The molecule has 0 aliphatic heterocycles. The van der Waals surface area contributed by atoms with Gasteiger partial charge in [-0.2, -0.15) is 0 Å². The molecule has 1 aromatic carbocycles. The zero-order valence-corrected chi connectivity index (χ0v) is 13.7. The monoisotopic (exact) mass is 299 g/mol. The second-order valence-corrected chi connectivity index (χ2v) is 6.49. The number of rotatable bonds is 7. The van der Waals surface area contributed by atoms with E-state index in [0.717, 1.165) is 12.8 Å². The lowest BCUT2D eigenvalue weighted by molar-refractivity contribution is 0.221. The Morgan fingerprint density at radius 3 is 2.05 bits per heavy atom. The maximum absolute atomic E-state index is 14.0. The summed E-state index contributed by atoms with van der Waals surface area (Å²) in [7, 11) is 0. The van der Waals surface area contributed by atoms with Gasteiger partial charge in [0.25, 0.3) is 0 Å². The fraction of sp³-hybridized carbons (Fsp3) is 0.647. The summed E-state index contributed by atoms with van der Waals surface area (Å²) in [6.45, 7) is 10.9. The van der Waals surface area contributed by atoms with Crippen LogP contribution in [0.2, 0.25) is 0 Å². The van der Waals surface area contributed by atoms with E-state index < -0.39 is 11.6 Å². The van der Waals surface area contributed by atoms with Crippen molar-refractivity contribution in [2.45, 2.75) is 59.5 Å². The first kappa shape index (κ1) is 17.9. The molecular formula is C17H27F2NO. The summed E-state index contributed by atoms with van der Waals surface area (Å²) in [6, 6.07) is 2.67. The molecule has 0 saturated carbocycles. The standard InChI is InChI=1S/C17H27F2NO/c1-6-12(7-2)11-21-16-14(18)8-13(9-15(16)19)10-20-17(3,4)5/h8-9,12,20H,6-7,10-11H2,1-5H3. The number of nitrogens with one attached hydrogen (secondary N) is 1. The van der Waals surface area contributed by atoms with E-state index in [9.17, 15) is 8.78 Å². The van der Waals surface area contributed by atoms with E-state index in [2.05, 4.69) is 5.32 Å². The van der Waals surface area contributed by atoms with Crippen LogP contribution in [0.1, 0.15) is 53.0 Å². The Morgan fingerprint density at radius 2 is 1.62 bits per heavy atom. The van der Waals surface area contributed by atoms with Crippen LogP contribution in [0.15, 0.2) is 12.1 Å². The van der Waals surface area contributed by atoms with Crippen molar-refractivity contribution >= 4 is 0 Å². The normalized spacial score (nSPS) is 12.0. The molecule has 120 valence electrons. The van der Waals surface area contributed by atoms with Gasteiger partial charge in [0.15, 0.2) is 17.4 Å². The third-order valence-electron chi connectivity index (χ3n) is 3.50. The molecular weight excluding hydrogens is 272 g/mol. The van der Waals surface area contributed by atoms with Gasteiger partial charge in [0.05, 0.1) is 6.61 Å². The first-order chi connectivity index (χ1) is 9.76. The largest absolute Gasteiger partial charge is 0.487 e. The van der Waals surface area contributed by atoms with E-state index in [4.69, 9.17) is 4.74 Å². The van der Waals surface area contributed by atoms with Crippen LogP contribution >= 0.6 is 0 Å². The highest BCUT2D eigenvalue weighted by atomic mass is 19.1. The van der Waals surface area contributed by atoms with E-state index in [-0.39, 0.29) is 11.3 Å². The minimum atomic E-state index is -0.633. The van der Waals surface area contributed by atoms with Gasteiger partial charge in [0, 0.05) is 12.1 Å². The Labute approximate surface area is 126 Å². The molecule has 0 radical (unpaired) electrons. The van der Waals surface area contributed by atoms with Crippen molar-refractivity contribution in [2.75, 3.05) is 6.61 Å². The first-order valence-electron chi connectivity index (χ1n) is 7.62. The molecule has 0 aliphatic rings. The fourth-order valence-corrected chi connectivity index (χ4v) is 1.95. The SMILES string of the molecule is CCC(CC)COc1c(F)cc(CNC(C)(C)C)cc1F. The molecule has 0 saturated heterocycles. The Morgan fingerprint density at radius 1 is 1.10 bits per heavy atom. The van der Waals surface area contributed by atoms with Gasteiger partial charge >= 0.3 is 0 Å². The van der Waals surface area contributed by atoms with Gasteiger partial charge in [0.2, 0.25) is 0 Å². The molecule has 0 atom stereocenters. The van der Waals surface area contributed by atoms with Crippen LogP contribution < -0.4 is 10.1 Å². The summed E-state index contributed by atoms with van der Waals surface area (Å²) in [5.41, 5.74) is 0.479. The Kier molecular flexibility index (Phi) is 6.59. The number of hydrogen-bond acceptors (Lipinski definition) is 2. The van der Waals surface area contributed by atoms with Crippen molar-refractivity contribution in [3.05, 3.63) is 29.3 Å². The lowest BCUT2D eigenvalue weighted by Crippen LogP contribution is -2.35. The predicted octanol–water partition coefficient (Wildman–Crippen LogP) is 4.67. The fourth-order valence-electron chi connectivity index (χ4n) is 1.95. The van der Waals surface area contributed by atoms with Gasteiger partial charge in [-0.3, -0.25) is 0 Å². The van der Waals surface area contributed by atoms with Gasteiger partial charge in [-0.25, -0.2) is 8.78 Å². The quantitative estimate of drug-likeness (QED) is 0.790. The molecule has 0 heterocycles. The minimum absolute atomic E-state index is 0.0996. The summed E-state index contributed by atoms with van der Waals surface area (Å²) in [5, 5.41) is 3.21. The van der Waals surface area contributed by atoms with E-state index in [1.165, 1.54) is 12.1 Å². The van der Waals surface area contributed by atoms with Crippen molar-refractivity contribution in [1.29, 1.82) is 0 Å². The number of benzene rings is 1. The molecule has 1 aromatic rings. The van der Waals surface area contributed by atoms with E-state index in [1.54, 1.807) is 0 Å². The molecule has 0 unspecified atom stereocenters. The van der Waals surface area contributed by atoms with Gasteiger partial charge < -0.3 is 10.1 Å². The maximum Gasteiger partial charge on any atom is 0.190 e. The molecule has 0 aromatic heterocycles. The summed E-state index contributed by atoms with van der Waals surface area (Å²) < 4.78 is 33.3. The highest BCUT2D eigenvalue weighted by Crippen LogP contribution is 2.25. The van der Waals surface area contributed by atoms with Crippen LogP contribution in [-0.4, -0.2) is 12.1 Å². The van der Waals surface area contributed by atoms with E-state index >= 15 is 0 Å². The summed E-state index contributed by atoms with van der Waals surface area (Å²) in [4.78, 5) is 0. The van der Waals surface area contributed by atoms with Crippen LogP contribution in [0, 0.1) is 17.6 Å². The third kappa shape index (κ3) is 6.00. The highest BCUT2D eigenvalue weighted by molar-refractivity contribution is 5.31. The van der Waals surface area contributed by atoms with Crippen molar-refractivity contribution < 1.29 is 13.5 Å². The number of hydrogen-bond donors (Lipinski definition) is 1. The predicted molar refractivity (Wildman–Crippen MR) is 82.5 cm³/mol. The molecule has 4 heteroatoms. The Bertz CT molecular complexity index is 428. The minimum Gasteiger partial charge on any atom is -0.487 e. The lowest BCUT2D eigenvalue weighted by Gasteiger charge is -2.21. The second kappa shape index (κ2) is 7.74. The third-order valence-corrected chi connectivity index (χ3v) is 3.50. The molecule has 0 amide bonds. The van der Waals surface area contributed by atoms with E-state index in [0.29, 0.717) is 24.6 Å². The Balaban J connectivity index is 2.75. The van der Waals surface area contributed by atoms with Gasteiger partial charge in [-0.15, -0.1) is 0 Å². The van der Waals surface area contributed by atoms with Crippen molar-refractivity contribution in [3.63, 3.8) is 0 Å². The van der Waals surface area contributed by atoms with Gasteiger partial charge in [0.1, 0.15) is 0 Å². The highest BCUT2D eigenvalue weighted by Gasteiger charge is 2.16. The molecule has 0 fully saturated rings. The van der Waals surface area contributed by atoms with Crippen molar-refractivity contribution in [1.82, 2.24) is 5.32 Å². The van der Waals surface area contributed by atoms with Crippen molar-refractivity contribution in [2.24, 2.45) is 5.92 Å². The molecule has 1 N–H and O–H groups in total. The van der Waals surface area contributed by atoms with Crippen LogP contribution in [0.25, 0.3) is 0 Å². The summed E-state index contributed by atoms with van der Waals surface area (Å²) in [6.07, 6.45) is 1.88. The molecule has 2 nitrogen and oxygen atoms in total. The van der Waals surface area contributed by atoms with Crippen LogP contribution in [0.3, 0.4) is 0 Å². The van der Waals surface area contributed by atoms with Crippen LogP contribution in [-0.2, 0) is 6.54 Å². The van der Waals surface area contributed by atoms with E-state index in [1.807, 2.05) is 34.6 Å². The molecule has 21 heavy (non-hydrogen) atoms. The average Bonchev–Trinajstić information content (AvgIpc) is 2.39. The lowest BCUT2D eigenvalue weighted by atomic mass is 10.1. The molecule has 0 aliphatic carbocycles. The summed E-state index contributed by atoms with van der Waals surface area (Å²) in [5.74, 6) is -1.20. The van der Waals surface area contributed by atoms with Crippen LogP contribution in [0.4, 0.5) is 8.78 Å². The maximum atomic E-state index is 14.0. The van der Waals surface area contributed by atoms with Gasteiger partial charge in [-0.05, 0) is 44.4 Å². The zero-order chi connectivity index (χ0) is 16.0. The number of ether oxygens (including phenoxy) is 1. The topological polar surface area (TPSA) is 21.3 Å².